The molecule has 2 aromatic rings. The van der Waals surface area contributed by atoms with E-state index in [-0.39, 0.29) is 5.92 Å². The third kappa shape index (κ3) is 4.98. The number of aliphatic carboxylic acids is 1. The van der Waals surface area contributed by atoms with Crippen molar-refractivity contribution in [2.24, 2.45) is 0 Å². The quantitative estimate of drug-likeness (QED) is 0.665. The number of nitrogens with one attached hydrogen (secondary N) is 1. The molecule has 0 radical (unpaired) electrons. The summed E-state index contributed by atoms with van der Waals surface area (Å²) >= 11 is 0. The molecule has 186 valence electrons. The van der Waals surface area contributed by atoms with Crippen LogP contribution in [0, 0.1) is 0 Å². The number of amides is 1. The first kappa shape index (κ1) is 23.6. The van der Waals surface area contributed by atoms with Gasteiger partial charge in [0.1, 0.15) is 17.5 Å². The molecule has 35 heavy (non-hydrogen) atoms. The Morgan fingerprint density at radius 3 is 2.71 bits per heavy atom. The standard InChI is InChI=1S/C27H33N3O5/c1-27(2,3)35-26(33)29-24(25(31)32)21-6-4-5-16-7-8-17(11-22(16)21)18-9-10-28-23(12-18)30-14-20-13-19(30)15-34-20/h7-12,19-21,24H,4-6,13-15H2,1-3H3,(H,29,33)(H,31,32)/t19-,20-,21-,24+/m1/s1. The van der Waals surface area contributed by atoms with Crippen LogP contribution in [0.25, 0.3) is 11.1 Å². The Morgan fingerprint density at radius 1 is 1.23 bits per heavy atom. The zero-order chi connectivity index (χ0) is 24.7. The van der Waals surface area contributed by atoms with Crippen LogP contribution in [0.4, 0.5) is 10.6 Å². The van der Waals surface area contributed by atoms with E-state index in [2.05, 4.69) is 39.5 Å². The SMILES string of the molecule is CC(C)(C)OC(=O)N[C@H](C(=O)O)[C@@H]1CCCc2ccc(-c3ccnc(N4C[C@H]5C[C@@H]4CO5)c3)cc21. The van der Waals surface area contributed by atoms with Crippen molar-refractivity contribution in [3.05, 3.63) is 47.7 Å². The molecule has 1 aromatic carbocycles. The van der Waals surface area contributed by atoms with Crippen LogP contribution in [0.5, 0.6) is 0 Å². The third-order valence-electron chi connectivity index (χ3n) is 7.12. The molecule has 1 aromatic heterocycles. The maximum atomic E-state index is 12.4. The Bertz CT molecular complexity index is 1130. The van der Waals surface area contributed by atoms with Gasteiger partial charge in [0.2, 0.25) is 0 Å². The number of nitrogens with zero attached hydrogens (tertiary/aromatic N) is 2. The van der Waals surface area contributed by atoms with Gasteiger partial charge in [0.05, 0.1) is 18.8 Å². The largest absolute Gasteiger partial charge is 0.480 e. The molecule has 2 aliphatic heterocycles. The van der Waals surface area contributed by atoms with Crippen LogP contribution in [-0.2, 0) is 20.7 Å². The normalized spacial score (nSPS) is 24.1. The maximum absolute atomic E-state index is 12.4. The maximum Gasteiger partial charge on any atom is 0.408 e. The van der Waals surface area contributed by atoms with Crippen LogP contribution in [0.1, 0.15) is 57.1 Å². The molecule has 4 atom stereocenters. The highest BCUT2D eigenvalue weighted by atomic mass is 16.6. The van der Waals surface area contributed by atoms with Crippen LogP contribution >= 0.6 is 0 Å². The number of aromatic nitrogens is 1. The monoisotopic (exact) mass is 479 g/mol. The lowest BCUT2D eigenvalue weighted by molar-refractivity contribution is -0.140. The van der Waals surface area contributed by atoms with Crippen molar-refractivity contribution >= 4 is 17.9 Å². The summed E-state index contributed by atoms with van der Waals surface area (Å²) in [5.41, 5.74) is 3.46. The molecule has 2 N–H and O–H groups in total. The van der Waals surface area contributed by atoms with E-state index in [1.807, 2.05) is 12.3 Å². The molecule has 8 heteroatoms. The Labute approximate surface area is 205 Å². The molecule has 3 aliphatic rings. The highest BCUT2D eigenvalue weighted by Gasteiger charge is 2.40. The number of pyridine rings is 1. The topological polar surface area (TPSA) is 101 Å². The van der Waals surface area contributed by atoms with Crippen molar-refractivity contribution in [2.45, 2.75) is 76.2 Å². The number of ether oxygens (including phenoxy) is 2. The summed E-state index contributed by atoms with van der Waals surface area (Å²) in [4.78, 5) is 31.6. The number of carboxylic acid groups (broad SMARTS) is 1. The fraction of sp³-hybridized carbons (Fsp3) is 0.519. The number of anilines is 1. The van der Waals surface area contributed by atoms with Crippen molar-refractivity contribution in [3.63, 3.8) is 0 Å². The number of carbonyl (C=O) groups is 2. The van der Waals surface area contributed by atoms with Crippen molar-refractivity contribution in [1.29, 1.82) is 0 Å². The Hall–Kier alpha value is -3.13. The van der Waals surface area contributed by atoms with E-state index < -0.39 is 23.7 Å². The van der Waals surface area contributed by atoms with Crippen molar-refractivity contribution in [2.75, 3.05) is 18.1 Å². The van der Waals surface area contributed by atoms with E-state index in [4.69, 9.17) is 9.47 Å². The van der Waals surface area contributed by atoms with Crippen LogP contribution < -0.4 is 10.2 Å². The van der Waals surface area contributed by atoms with Gasteiger partial charge < -0.3 is 24.8 Å². The number of fused-ring (bicyclic) bond motifs is 3. The number of rotatable bonds is 5. The zero-order valence-corrected chi connectivity index (χ0v) is 20.5. The second kappa shape index (κ2) is 9.15. The molecular weight excluding hydrogens is 446 g/mol. The summed E-state index contributed by atoms with van der Waals surface area (Å²) in [6, 6.07) is 9.68. The minimum absolute atomic E-state index is 0.292. The summed E-state index contributed by atoms with van der Waals surface area (Å²) in [5, 5.41) is 12.6. The van der Waals surface area contributed by atoms with E-state index in [1.165, 1.54) is 0 Å². The van der Waals surface area contributed by atoms with Crippen molar-refractivity contribution in [3.8, 4) is 11.1 Å². The lowest BCUT2D eigenvalue weighted by Crippen LogP contribution is -2.47. The summed E-state index contributed by atoms with van der Waals surface area (Å²) in [6.07, 6.45) is 4.91. The second-order valence-electron chi connectivity index (χ2n) is 10.8. The second-order valence-corrected chi connectivity index (χ2v) is 10.8. The van der Waals surface area contributed by atoms with E-state index in [9.17, 15) is 14.7 Å². The fourth-order valence-corrected chi connectivity index (χ4v) is 5.57. The van der Waals surface area contributed by atoms with E-state index in [1.54, 1.807) is 20.8 Å². The average Bonchev–Trinajstić information content (AvgIpc) is 3.45. The van der Waals surface area contributed by atoms with E-state index in [0.29, 0.717) is 18.6 Å². The van der Waals surface area contributed by atoms with Gasteiger partial charge in [-0.15, -0.1) is 0 Å². The number of benzene rings is 1. The minimum Gasteiger partial charge on any atom is -0.480 e. The Kier molecular flexibility index (Phi) is 6.17. The Balaban J connectivity index is 1.42. The number of morpholine rings is 1. The lowest BCUT2D eigenvalue weighted by atomic mass is 9.77. The summed E-state index contributed by atoms with van der Waals surface area (Å²) < 4.78 is 11.1. The first-order chi connectivity index (χ1) is 16.7. The molecule has 5 rings (SSSR count). The first-order valence-corrected chi connectivity index (χ1v) is 12.4. The van der Waals surface area contributed by atoms with Crippen molar-refractivity contribution < 1.29 is 24.2 Å². The predicted molar refractivity (Wildman–Crippen MR) is 132 cm³/mol. The molecule has 0 unspecified atom stereocenters. The first-order valence-electron chi connectivity index (χ1n) is 12.4. The van der Waals surface area contributed by atoms with Gasteiger partial charge in [-0.1, -0.05) is 18.2 Å². The number of carbonyl (C=O) groups excluding carboxylic acids is 1. The molecule has 3 heterocycles. The number of hydrogen-bond acceptors (Lipinski definition) is 6. The van der Waals surface area contributed by atoms with Crippen LogP contribution in [0.2, 0.25) is 0 Å². The van der Waals surface area contributed by atoms with Gasteiger partial charge >= 0.3 is 12.1 Å². The highest BCUT2D eigenvalue weighted by molar-refractivity contribution is 5.81. The molecule has 0 spiro atoms. The molecule has 1 aliphatic carbocycles. The summed E-state index contributed by atoms with van der Waals surface area (Å²) in [6.45, 7) is 6.89. The summed E-state index contributed by atoms with van der Waals surface area (Å²) in [5.74, 6) is -0.448. The van der Waals surface area contributed by atoms with Crippen molar-refractivity contribution in [1.82, 2.24) is 10.3 Å². The molecule has 2 saturated heterocycles. The number of carboxylic acids is 1. The predicted octanol–water partition coefficient (Wildman–Crippen LogP) is 4.12. The highest BCUT2D eigenvalue weighted by Crippen LogP contribution is 2.38. The lowest BCUT2D eigenvalue weighted by Gasteiger charge is -2.32. The van der Waals surface area contributed by atoms with Gasteiger partial charge in [0.25, 0.3) is 0 Å². The number of alkyl carbamates (subject to hydrolysis) is 1. The van der Waals surface area contributed by atoms with Gasteiger partial charge in [0.15, 0.2) is 0 Å². The fourth-order valence-electron chi connectivity index (χ4n) is 5.57. The minimum atomic E-state index is -1.06. The van der Waals surface area contributed by atoms with Gasteiger partial charge in [0, 0.05) is 18.7 Å². The van der Waals surface area contributed by atoms with Gasteiger partial charge in [-0.2, -0.15) is 0 Å². The van der Waals surface area contributed by atoms with E-state index >= 15 is 0 Å². The Morgan fingerprint density at radius 2 is 2.03 bits per heavy atom. The summed E-state index contributed by atoms with van der Waals surface area (Å²) in [7, 11) is 0. The van der Waals surface area contributed by atoms with Gasteiger partial charge in [-0.25, -0.2) is 14.6 Å². The third-order valence-corrected chi connectivity index (χ3v) is 7.12. The van der Waals surface area contributed by atoms with Gasteiger partial charge in [-0.05, 0) is 80.8 Å². The zero-order valence-electron chi connectivity index (χ0n) is 20.5. The van der Waals surface area contributed by atoms with Crippen LogP contribution in [0.3, 0.4) is 0 Å². The molecule has 1 amide bonds. The van der Waals surface area contributed by atoms with E-state index in [0.717, 1.165) is 60.5 Å². The molecule has 2 fully saturated rings. The number of aryl methyl sites for hydroxylation is 1. The van der Waals surface area contributed by atoms with Gasteiger partial charge in [-0.3, -0.25) is 0 Å². The molecule has 0 saturated carbocycles. The van der Waals surface area contributed by atoms with Crippen LogP contribution in [0.15, 0.2) is 36.5 Å². The molecule has 8 nitrogen and oxygen atoms in total. The smallest absolute Gasteiger partial charge is 0.408 e. The average molecular weight is 480 g/mol. The molecular formula is C27H33N3O5. The molecule has 2 bridgehead atoms. The number of hydrogen-bond donors (Lipinski definition) is 2. The van der Waals surface area contributed by atoms with Crippen LogP contribution in [-0.4, -0.2) is 59.1 Å².